The molecule has 0 radical (unpaired) electrons. The molecule has 0 atom stereocenters. The molecule has 0 unspecified atom stereocenters. The SMILES string of the molecule is CNc1cc(CN)nc2ccc(C)cc12. The Morgan fingerprint density at radius 3 is 2.80 bits per heavy atom. The lowest BCUT2D eigenvalue weighted by Crippen LogP contribution is -2.02. The molecule has 0 amide bonds. The maximum absolute atomic E-state index is 5.60. The number of rotatable bonds is 2. The highest BCUT2D eigenvalue weighted by Gasteiger charge is 2.03. The Kier molecular flexibility index (Phi) is 2.56. The number of hydrogen-bond donors (Lipinski definition) is 2. The lowest BCUT2D eigenvalue weighted by atomic mass is 10.1. The molecule has 1 aromatic carbocycles. The van der Waals surface area contributed by atoms with E-state index in [-0.39, 0.29) is 0 Å². The third-order valence-corrected chi connectivity index (χ3v) is 2.50. The van der Waals surface area contributed by atoms with E-state index in [1.165, 1.54) is 5.56 Å². The molecular formula is C12H15N3. The lowest BCUT2D eigenvalue weighted by molar-refractivity contribution is 1.01. The predicted molar refractivity (Wildman–Crippen MR) is 63.9 cm³/mol. The van der Waals surface area contributed by atoms with Gasteiger partial charge in [-0.2, -0.15) is 0 Å². The maximum atomic E-state index is 5.60. The van der Waals surface area contributed by atoms with Crippen LogP contribution in [0.5, 0.6) is 0 Å². The van der Waals surface area contributed by atoms with Gasteiger partial charge in [0.15, 0.2) is 0 Å². The summed E-state index contributed by atoms with van der Waals surface area (Å²) in [6.07, 6.45) is 0. The number of aryl methyl sites for hydroxylation is 1. The van der Waals surface area contributed by atoms with Gasteiger partial charge in [0.2, 0.25) is 0 Å². The van der Waals surface area contributed by atoms with Crippen LogP contribution in [0.25, 0.3) is 10.9 Å². The zero-order valence-electron chi connectivity index (χ0n) is 9.04. The van der Waals surface area contributed by atoms with Crippen molar-refractivity contribution >= 4 is 16.6 Å². The van der Waals surface area contributed by atoms with Crippen LogP contribution in [0, 0.1) is 6.92 Å². The minimum atomic E-state index is 0.471. The summed E-state index contributed by atoms with van der Waals surface area (Å²) in [6.45, 7) is 2.55. The van der Waals surface area contributed by atoms with E-state index in [2.05, 4.69) is 29.4 Å². The third-order valence-electron chi connectivity index (χ3n) is 2.50. The zero-order valence-corrected chi connectivity index (χ0v) is 9.04. The first kappa shape index (κ1) is 9.93. The van der Waals surface area contributed by atoms with Gasteiger partial charge in [-0.25, -0.2) is 0 Å². The Labute approximate surface area is 89.3 Å². The number of hydrogen-bond acceptors (Lipinski definition) is 3. The van der Waals surface area contributed by atoms with E-state index in [0.717, 1.165) is 22.3 Å². The van der Waals surface area contributed by atoms with Crippen molar-refractivity contribution in [2.75, 3.05) is 12.4 Å². The van der Waals surface area contributed by atoms with E-state index in [0.29, 0.717) is 6.54 Å². The molecule has 0 aliphatic heterocycles. The molecule has 0 spiro atoms. The van der Waals surface area contributed by atoms with Gasteiger partial charge in [-0.15, -0.1) is 0 Å². The second kappa shape index (κ2) is 3.87. The summed E-state index contributed by atoms with van der Waals surface area (Å²) in [7, 11) is 1.91. The molecule has 0 saturated heterocycles. The topological polar surface area (TPSA) is 50.9 Å². The molecule has 3 N–H and O–H groups in total. The summed E-state index contributed by atoms with van der Waals surface area (Å²) in [5, 5.41) is 4.32. The molecule has 2 rings (SSSR count). The molecule has 1 heterocycles. The number of anilines is 1. The summed E-state index contributed by atoms with van der Waals surface area (Å²) < 4.78 is 0. The standard InChI is InChI=1S/C12H15N3/c1-8-3-4-11-10(5-8)12(14-2)6-9(7-13)15-11/h3-6H,7,13H2,1-2H3,(H,14,15). The summed E-state index contributed by atoms with van der Waals surface area (Å²) >= 11 is 0. The Morgan fingerprint density at radius 1 is 1.33 bits per heavy atom. The molecule has 78 valence electrons. The van der Waals surface area contributed by atoms with Crippen LogP contribution in [-0.4, -0.2) is 12.0 Å². The van der Waals surface area contributed by atoms with E-state index in [1.807, 2.05) is 19.2 Å². The fourth-order valence-corrected chi connectivity index (χ4v) is 1.71. The van der Waals surface area contributed by atoms with E-state index >= 15 is 0 Å². The van der Waals surface area contributed by atoms with Crippen molar-refractivity contribution in [1.82, 2.24) is 4.98 Å². The van der Waals surface area contributed by atoms with E-state index < -0.39 is 0 Å². The maximum Gasteiger partial charge on any atom is 0.0726 e. The van der Waals surface area contributed by atoms with Gasteiger partial charge in [0.25, 0.3) is 0 Å². The zero-order chi connectivity index (χ0) is 10.8. The summed E-state index contributed by atoms with van der Waals surface area (Å²) in [6, 6.07) is 8.23. The van der Waals surface area contributed by atoms with E-state index in [4.69, 9.17) is 5.73 Å². The first-order valence-corrected chi connectivity index (χ1v) is 5.02. The van der Waals surface area contributed by atoms with Gasteiger partial charge in [-0.1, -0.05) is 11.6 Å². The summed E-state index contributed by atoms with van der Waals surface area (Å²) in [5.74, 6) is 0. The van der Waals surface area contributed by atoms with Crippen LogP contribution in [0.4, 0.5) is 5.69 Å². The molecule has 0 aliphatic carbocycles. The quantitative estimate of drug-likeness (QED) is 0.781. The smallest absolute Gasteiger partial charge is 0.0726 e. The van der Waals surface area contributed by atoms with Gasteiger partial charge in [0, 0.05) is 24.7 Å². The third kappa shape index (κ3) is 1.78. The number of aromatic nitrogens is 1. The lowest BCUT2D eigenvalue weighted by Gasteiger charge is -2.08. The first-order chi connectivity index (χ1) is 7.24. The van der Waals surface area contributed by atoms with Crippen molar-refractivity contribution in [3.05, 3.63) is 35.5 Å². The average Bonchev–Trinajstić information content (AvgIpc) is 2.27. The van der Waals surface area contributed by atoms with Crippen LogP contribution >= 0.6 is 0 Å². The number of nitrogens with one attached hydrogen (secondary N) is 1. The largest absolute Gasteiger partial charge is 0.388 e. The van der Waals surface area contributed by atoms with Crippen LogP contribution in [0.15, 0.2) is 24.3 Å². The monoisotopic (exact) mass is 201 g/mol. The number of nitrogens with two attached hydrogens (primary N) is 1. The van der Waals surface area contributed by atoms with Crippen LogP contribution in [0.1, 0.15) is 11.3 Å². The Balaban J connectivity index is 2.75. The van der Waals surface area contributed by atoms with Gasteiger partial charge >= 0.3 is 0 Å². The Morgan fingerprint density at radius 2 is 2.13 bits per heavy atom. The van der Waals surface area contributed by atoms with E-state index in [9.17, 15) is 0 Å². The summed E-state index contributed by atoms with van der Waals surface area (Å²) in [4.78, 5) is 4.48. The second-order valence-electron chi connectivity index (χ2n) is 3.64. The predicted octanol–water partition coefficient (Wildman–Crippen LogP) is 2.04. The number of nitrogens with zero attached hydrogens (tertiary/aromatic N) is 1. The van der Waals surface area contributed by atoms with Crippen molar-refractivity contribution < 1.29 is 0 Å². The van der Waals surface area contributed by atoms with Crippen LogP contribution in [0.2, 0.25) is 0 Å². The van der Waals surface area contributed by atoms with Crippen LogP contribution < -0.4 is 11.1 Å². The molecule has 0 saturated carbocycles. The van der Waals surface area contributed by atoms with E-state index in [1.54, 1.807) is 0 Å². The van der Waals surface area contributed by atoms with Gasteiger partial charge < -0.3 is 11.1 Å². The number of benzene rings is 1. The molecular weight excluding hydrogens is 186 g/mol. The van der Waals surface area contributed by atoms with Crippen molar-refractivity contribution in [2.45, 2.75) is 13.5 Å². The van der Waals surface area contributed by atoms with Gasteiger partial charge in [-0.05, 0) is 25.1 Å². The van der Waals surface area contributed by atoms with Crippen molar-refractivity contribution in [3.8, 4) is 0 Å². The minimum absolute atomic E-state index is 0.471. The molecule has 1 aromatic heterocycles. The van der Waals surface area contributed by atoms with Crippen molar-refractivity contribution in [1.29, 1.82) is 0 Å². The molecule has 3 nitrogen and oxygen atoms in total. The highest BCUT2D eigenvalue weighted by molar-refractivity contribution is 5.91. The molecule has 15 heavy (non-hydrogen) atoms. The molecule has 3 heteroatoms. The van der Waals surface area contributed by atoms with Gasteiger partial charge in [-0.3, -0.25) is 4.98 Å². The minimum Gasteiger partial charge on any atom is -0.388 e. The van der Waals surface area contributed by atoms with Gasteiger partial charge in [0.1, 0.15) is 0 Å². The highest BCUT2D eigenvalue weighted by Crippen LogP contribution is 2.23. The number of fused-ring (bicyclic) bond motifs is 1. The molecule has 2 aromatic rings. The fraction of sp³-hybridized carbons (Fsp3) is 0.250. The second-order valence-corrected chi connectivity index (χ2v) is 3.64. The first-order valence-electron chi connectivity index (χ1n) is 5.02. The molecule has 0 fully saturated rings. The Bertz CT molecular complexity index is 491. The highest BCUT2D eigenvalue weighted by atomic mass is 14.8. The van der Waals surface area contributed by atoms with Crippen molar-refractivity contribution in [2.24, 2.45) is 5.73 Å². The molecule has 0 aliphatic rings. The van der Waals surface area contributed by atoms with Crippen LogP contribution in [0.3, 0.4) is 0 Å². The fourth-order valence-electron chi connectivity index (χ4n) is 1.71. The molecule has 0 bridgehead atoms. The Hall–Kier alpha value is -1.61. The number of pyridine rings is 1. The summed E-state index contributed by atoms with van der Waals surface area (Å²) in [5.41, 5.74) is 9.83. The van der Waals surface area contributed by atoms with Crippen molar-refractivity contribution in [3.63, 3.8) is 0 Å². The van der Waals surface area contributed by atoms with Crippen LogP contribution in [-0.2, 0) is 6.54 Å². The normalized spacial score (nSPS) is 10.6. The van der Waals surface area contributed by atoms with Gasteiger partial charge in [0.05, 0.1) is 11.2 Å². The average molecular weight is 201 g/mol.